The first kappa shape index (κ1) is 34.0. The number of amides is 1. The van der Waals surface area contributed by atoms with E-state index < -0.39 is 31.1 Å². The number of aliphatic hydroxyl groups is 1. The molecule has 0 radical (unpaired) electrons. The van der Waals surface area contributed by atoms with Gasteiger partial charge in [0.05, 0.1) is 36.0 Å². The van der Waals surface area contributed by atoms with Crippen LogP contribution in [-0.2, 0) is 28.0 Å². The number of carbonyl (C=O) groups excluding carboxylic acids is 1. The van der Waals surface area contributed by atoms with Crippen molar-refractivity contribution in [2.24, 2.45) is 0 Å². The van der Waals surface area contributed by atoms with Crippen LogP contribution in [0.5, 0.6) is 0 Å². The van der Waals surface area contributed by atoms with Gasteiger partial charge < -0.3 is 30.5 Å². The molecule has 18 heteroatoms. The minimum absolute atomic E-state index is 0.0118. The molecule has 0 saturated carbocycles. The van der Waals surface area contributed by atoms with E-state index in [0.29, 0.717) is 46.1 Å². The summed E-state index contributed by atoms with van der Waals surface area (Å²) in [5.74, 6) is -1.50. The van der Waals surface area contributed by atoms with E-state index in [0.717, 1.165) is 0 Å². The van der Waals surface area contributed by atoms with Gasteiger partial charge in [0.2, 0.25) is 5.95 Å². The average Bonchev–Trinajstić information content (AvgIpc) is 3.45. The molecule has 0 saturated heterocycles. The van der Waals surface area contributed by atoms with Crippen LogP contribution >= 0.6 is 23.5 Å². The summed E-state index contributed by atoms with van der Waals surface area (Å²) in [5, 5.41) is 21.1. The number of benzene rings is 1. The molecule has 1 atom stereocenters. The number of aliphatic hydroxyl groups excluding tert-OH is 1. The Hall–Kier alpha value is -3.89. The Morgan fingerprint density at radius 1 is 1.13 bits per heavy atom. The topological polar surface area (TPSA) is 176 Å². The molecule has 240 valence electrons. The van der Waals surface area contributed by atoms with Crippen LogP contribution in [0.25, 0.3) is 11.3 Å². The molecule has 13 nitrogen and oxygen atoms in total. The predicted molar refractivity (Wildman–Crippen MR) is 163 cm³/mol. The predicted octanol–water partition coefficient (Wildman–Crippen LogP) is 5.47. The van der Waals surface area contributed by atoms with E-state index in [4.69, 9.17) is 9.63 Å². The highest BCUT2D eigenvalue weighted by molar-refractivity contribution is 9.10. The van der Waals surface area contributed by atoms with Gasteiger partial charge in [0.1, 0.15) is 11.4 Å². The van der Waals surface area contributed by atoms with Crippen LogP contribution in [0.1, 0.15) is 35.0 Å². The van der Waals surface area contributed by atoms with Gasteiger partial charge >= 0.3 is 13.8 Å². The van der Waals surface area contributed by atoms with Crippen LogP contribution in [0, 0.1) is 0 Å². The van der Waals surface area contributed by atoms with Crippen LogP contribution in [0.3, 0.4) is 0 Å². The normalized spacial score (nSPS) is 12.9. The number of nitrogens with zero attached hydrogens (tertiary/aromatic N) is 5. The number of carbonyl (C=O) groups is 1. The van der Waals surface area contributed by atoms with Crippen molar-refractivity contribution in [2.45, 2.75) is 32.2 Å². The van der Waals surface area contributed by atoms with Gasteiger partial charge in [-0.25, -0.2) is 9.97 Å². The van der Waals surface area contributed by atoms with Crippen LogP contribution in [-0.4, -0.2) is 60.9 Å². The van der Waals surface area contributed by atoms with Crippen molar-refractivity contribution in [3.8, 4) is 11.3 Å². The molecule has 1 unspecified atom stereocenters. The zero-order valence-corrected chi connectivity index (χ0v) is 26.4. The lowest BCUT2D eigenvalue weighted by Crippen LogP contribution is -2.21. The number of hydrogen-bond donors (Lipinski definition) is 5. The molecule has 0 aliphatic rings. The summed E-state index contributed by atoms with van der Waals surface area (Å²) < 4.78 is 61.0. The third-order valence-corrected chi connectivity index (χ3v) is 8.23. The first-order valence-electron chi connectivity index (χ1n) is 13.4. The van der Waals surface area contributed by atoms with Crippen molar-refractivity contribution >= 4 is 52.6 Å². The quantitative estimate of drug-likeness (QED) is 0.111. The summed E-state index contributed by atoms with van der Waals surface area (Å²) in [4.78, 5) is 34.9. The first-order chi connectivity index (χ1) is 21.3. The highest BCUT2D eigenvalue weighted by atomic mass is 79.9. The fourth-order valence-corrected chi connectivity index (χ4v) is 5.77. The van der Waals surface area contributed by atoms with Crippen molar-refractivity contribution in [3.05, 3.63) is 70.2 Å². The largest absolute Gasteiger partial charge is 0.421 e. The summed E-state index contributed by atoms with van der Waals surface area (Å²) in [6.07, 6.45) is -0.789. The molecule has 5 N–H and O–H groups in total. The standard InChI is InChI=1S/C27H29BrF3N8O5P/c1-3-44-45(42,43)15-16-5-6-21(19(28)11-16)37-26-33-13-18(27(29,30)31)24(38-26)36-22-8-7-20(35-23(22)25(41)32-2)17-12-34-39(14-17)9-4-10-40/h5-8,11-14,40H,3-4,9-10,15H2,1-2H3,(H,32,41)(H,42,43)(H2,33,36,37,38). The molecule has 0 spiro atoms. The molecule has 0 aliphatic heterocycles. The van der Waals surface area contributed by atoms with Crippen LogP contribution < -0.4 is 16.0 Å². The molecule has 4 rings (SSSR count). The van der Waals surface area contributed by atoms with Crippen molar-refractivity contribution in [3.63, 3.8) is 0 Å². The molecule has 45 heavy (non-hydrogen) atoms. The van der Waals surface area contributed by atoms with Crippen LogP contribution in [0.2, 0.25) is 0 Å². The number of aromatic nitrogens is 5. The maximum absolute atomic E-state index is 14.0. The molecule has 1 amide bonds. The highest BCUT2D eigenvalue weighted by Crippen LogP contribution is 2.46. The van der Waals surface area contributed by atoms with E-state index in [2.05, 4.69) is 51.9 Å². The fraction of sp³-hybridized carbons (Fsp3) is 0.296. The third-order valence-electron chi connectivity index (χ3n) is 6.15. The van der Waals surface area contributed by atoms with Crippen molar-refractivity contribution in [1.82, 2.24) is 30.0 Å². The van der Waals surface area contributed by atoms with Gasteiger partial charge in [0, 0.05) is 42.6 Å². The number of pyridine rings is 1. The van der Waals surface area contributed by atoms with Gasteiger partial charge in [0.15, 0.2) is 5.69 Å². The molecule has 0 fully saturated rings. The Balaban J connectivity index is 1.65. The van der Waals surface area contributed by atoms with Crippen molar-refractivity contribution in [2.75, 3.05) is 30.9 Å². The molecular formula is C27H29BrF3N8O5P. The second-order valence-electron chi connectivity index (χ2n) is 9.47. The summed E-state index contributed by atoms with van der Waals surface area (Å²) in [6.45, 7) is 2.12. The van der Waals surface area contributed by atoms with Crippen molar-refractivity contribution in [1.29, 1.82) is 0 Å². The van der Waals surface area contributed by atoms with Gasteiger partial charge in [-0.15, -0.1) is 0 Å². The number of alkyl halides is 3. The molecule has 4 aromatic rings. The summed E-state index contributed by atoms with van der Waals surface area (Å²) in [7, 11) is -2.48. The number of rotatable bonds is 13. The van der Waals surface area contributed by atoms with E-state index in [1.165, 1.54) is 31.4 Å². The maximum Gasteiger partial charge on any atom is 0.421 e. The van der Waals surface area contributed by atoms with Gasteiger partial charge in [-0.1, -0.05) is 6.07 Å². The van der Waals surface area contributed by atoms with E-state index in [1.54, 1.807) is 29.9 Å². The number of nitrogens with one attached hydrogen (secondary N) is 3. The summed E-state index contributed by atoms with van der Waals surface area (Å²) >= 11 is 3.35. The number of halogens is 4. The van der Waals surface area contributed by atoms with Gasteiger partial charge in [-0.3, -0.25) is 14.0 Å². The average molecular weight is 713 g/mol. The minimum Gasteiger partial charge on any atom is -0.396 e. The second-order valence-corrected chi connectivity index (χ2v) is 12.2. The molecule has 1 aromatic carbocycles. The van der Waals surface area contributed by atoms with Gasteiger partial charge in [-0.05, 0) is 59.1 Å². The van der Waals surface area contributed by atoms with E-state index >= 15 is 0 Å². The zero-order valence-electron chi connectivity index (χ0n) is 24.0. The molecular weight excluding hydrogens is 684 g/mol. The Kier molecular flexibility index (Phi) is 10.9. The van der Waals surface area contributed by atoms with Gasteiger partial charge in [-0.2, -0.15) is 23.3 Å². The minimum atomic E-state index is -4.84. The maximum atomic E-state index is 14.0. The smallest absolute Gasteiger partial charge is 0.396 e. The van der Waals surface area contributed by atoms with Gasteiger partial charge in [0.25, 0.3) is 5.91 Å². The number of anilines is 4. The second kappa shape index (κ2) is 14.5. The SMILES string of the molecule is CCOP(=O)(O)Cc1ccc(Nc2ncc(C(F)(F)F)c(Nc3ccc(-c4cnn(CCCO)c4)nc3C(=O)NC)n2)c(Br)c1. The van der Waals surface area contributed by atoms with E-state index in [9.17, 15) is 27.4 Å². The number of aryl methyl sites for hydroxylation is 1. The third kappa shape index (κ3) is 8.85. The monoisotopic (exact) mass is 712 g/mol. The molecule has 0 bridgehead atoms. The lowest BCUT2D eigenvalue weighted by atomic mass is 10.1. The van der Waals surface area contributed by atoms with E-state index in [-0.39, 0.29) is 36.7 Å². The molecule has 3 heterocycles. The lowest BCUT2D eigenvalue weighted by molar-refractivity contribution is -0.137. The molecule has 0 aliphatic carbocycles. The summed E-state index contributed by atoms with van der Waals surface area (Å²) in [6, 6.07) is 7.58. The Labute approximate surface area is 263 Å². The summed E-state index contributed by atoms with van der Waals surface area (Å²) in [5.41, 5.74) is 0.338. The number of hydrogen-bond acceptors (Lipinski definition) is 10. The first-order valence-corrected chi connectivity index (χ1v) is 16.0. The lowest BCUT2D eigenvalue weighted by Gasteiger charge is -2.17. The Morgan fingerprint density at radius 2 is 1.89 bits per heavy atom. The fourth-order valence-electron chi connectivity index (χ4n) is 4.09. The van der Waals surface area contributed by atoms with Crippen LogP contribution in [0.15, 0.2) is 53.4 Å². The van der Waals surface area contributed by atoms with Crippen LogP contribution in [0.4, 0.5) is 36.3 Å². The highest BCUT2D eigenvalue weighted by Gasteiger charge is 2.36. The van der Waals surface area contributed by atoms with Crippen molar-refractivity contribution < 1.29 is 37.1 Å². The van der Waals surface area contributed by atoms with E-state index in [1.807, 2.05) is 0 Å². The zero-order chi connectivity index (χ0) is 32.8. The molecule has 3 aromatic heterocycles. The Morgan fingerprint density at radius 3 is 2.56 bits per heavy atom. The Bertz CT molecular complexity index is 1720.